The first-order valence-electron chi connectivity index (χ1n) is 9.20. The van der Waals surface area contributed by atoms with E-state index in [1.807, 2.05) is 18.2 Å². The van der Waals surface area contributed by atoms with E-state index in [1.54, 1.807) is 13.3 Å². The normalized spacial score (nSPS) is 16.6. The highest BCUT2D eigenvalue weighted by Crippen LogP contribution is 2.37. The summed E-state index contributed by atoms with van der Waals surface area (Å²) in [4.78, 5) is 10.6. The van der Waals surface area contributed by atoms with E-state index in [0.29, 0.717) is 43.1 Å². The molecule has 8 heteroatoms. The largest absolute Gasteiger partial charge is 0.496 e. The molecule has 0 radical (unpaired) electrons. The fourth-order valence-electron chi connectivity index (χ4n) is 3.59. The van der Waals surface area contributed by atoms with Gasteiger partial charge in [0.1, 0.15) is 5.75 Å². The molecule has 1 aromatic heterocycles. The number of piperidine rings is 1. The van der Waals surface area contributed by atoms with Crippen molar-refractivity contribution in [3.63, 3.8) is 0 Å². The highest BCUT2D eigenvalue weighted by Gasteiger charge is 2.37. The number of aliphatic hydroxyl groups excluding tert-OH is 1. The molecule has 2 N–H and O–H groups in total. The van der Waals surface area contributed by atoms with E-state index in [4.69, 9.17) is 14.2 Å². The van der Waals surface area contributed by atoms with E-state index in [1.165, 1.54) is 14.2 Å². The maximum atomic E-state index is 11.2. The molecule has 152 valence electrons. The smallest absolute Gasteiger partial charge is 0.319 e. The van der Waals surface area contributed by atoms with Crippen molar-refractivity contribution >= 4 is 0 Å². The third-order valence-electron chi connectivity index (χ3n) is 5.21. The van der Waals surface area contributed by atoms with E-state index in [2.05, 4.69) is 14.9 Å². The molecule has 3 rings (SSSR count). The molecule has 0 bridgehead atoms. The van der Waals surface area contributed by atoms with E-state index >= 15 is 0 Å². The number of hydrogen-bond donors (Lipinski definition) is 2. The number of benzene rings is 1. The Hall–Kier alpha value is -2.42. The third-order valence-corrected chi connectivity index (χ3v) is 5.21. The minimum atomic E-state index is -1.04. The van der Waals surface area contributed by atoms with Crippen molar-refractivity contribution < 1.29 is 24.4 Å². The fourth-order valence-corrected chi connectivity index (χ4v) is 3.59. The second kappa shape index (κ2) is 8.72. The van der Waals surface area contributed by atoms with Gasteiger partial charge in [-0.1, -0.05) is 6.07 Å². The van der Waals surface area contributed by atoms with Gasteiger partial charge in [-0.15, -0.1) is 0 Å². The number of hydrogen-bond acceptors (Lipinski definition) is 8. The quantitative estimate of drug-likeness (QED) is 0.735. The molecule has 2 heterocycles. The second-order valence-electron chi connectivity index (χ2n) is 6.89. The number of likely N-dealkylation sites (tertiary alicyclic amines) is 1. The van der Waals surface area contributed by atoms with Crippen molar-refractivity contribution in [3.05, 3.63) is 41.1 Å². The maximum absolute atomic E-state index is 11.2. The molecular weight excluding hydrogens is 362 g/mol. The van der Waals surface area contributed by atoms with Gasteiger partial charge < -0.3 is 24.4 Å². The van der Waals surface area contributed by atoms with Crippen LogP contribution in [0.2, 0.25) is 0 Å². The van der Waals surface area contributed by atoms with Gasteiger partial charge >= 0.3 is 6.01 Å². The van der Waals surface area contributed by atoms with Gasteiger partial charge in [-0.2, -0.15) is 4.98 Å². The van der Waals surface area contributed by atoms with Crippen LogP contribution in [0.5, 0.6) is 17.6 Å². The van der Waals surface area contributed by atoms with Crippen molar-refractivity contribution in [3.8, 4) is 17.6 Å². The lowest BCUT2D eigenvalue weighted by Gasteiger charge is -2.38. The minimum absolute atomic E-state index is 0.0615. The molecule has 0 spiro atoms. The van der Waals surface area contributed by atoms with Gasteiger partial charge in [-0.05, 0) is 30.5 Å². The molecule has 0 unspecified atom stereocenters. The Morgan fingerprint density at radius 2 is 1.86 bits per heavy atom. The molecule has 1 saturated heterocycles. The first-order chi connectivity index (χ1) is 13.5. The van der Waals surface area contributed by atoms with E-state index in [-0.39, 0.29) is 12.6 Å². The monoisotopic (exact) mass is 389 g/mol. The summed E-state index contributed by atoms with van der Waals surface area (Å²) in [6.07, 6.45) is 2.67. The topological polar surface area (TPSA) is 97.2 Å². The van der Waals surface area contributed by atoms with Crippen molar-refractivity contribution in [1.82, 2.24) is 14.9 Å². The number of rotatable bonds is 7. The number of ether oxygens (including phenoxy) is 3. The van der Waals surface area contributed by atoms with Gasteiger partial charge in [0, 0.05) is 31.4 Å². The van der Waals surface area contributed by atoms with Gasteiger partial charge in [0.2, 0.25) is 5.88 Å². The van der Waals surface area contributed by atoms with Crippen LogP contribution in [0, 0.1) is 0 Å². The predicted molar refractivity (Wildman–Crippen MR) is 102 cm³/mol. The Labute approximate surface area is 164 Å². The van der Waals surface area contributed by atoms with Crippen LogP contribution in [0.25, 0.3) is 0 Å². The molecule has 0 atom stereocenters. The molecule has 1 aliphatic heterocycles. The summed E-state index contributed by atoms with van der Waals surface area (Å²) in [6.45, 7) is 2.11. The minimum Gasteiger partial charge on any atom is -0.496 e. The van der Waals surface area contributed by atoms with Gasteiger partial charge in [0.05, 0.1) is 39.1 Å². The van der Waals surface area contributed by atoms with Crippen molar-refractivity contribution in [2.24, 2.45) is 0 Å². The lowest BCUT2D eigenvalue weighted by atomic mass is 9.85. The second-order valence-corrected chi connectivity index (χ2v) is 6.89. The first-order valence-corrected chi connectivity index (χ1v) is 9.20. The molecule has 8 nitrogen and oxygen atoms in total. The number of aliphatic hydroxyl groups is 2. The van der Waals surface area contributed by atoms with Crippen LogP contribution in [-0.4, -0.2) is 59.5 Å². The Kier molecular flexibility index (Phi) is 6.33. The Balaban J connectivity index is 1.69. The summed E-state index contributed by atoms with van der Waals surface area (Å²) in [5, 5.41) is 20.7. The Bertz CT molecular complexity index is 806. The zero-order chi connectivity index (χ0) is 20.1. The molecule has 0 amide bonds. The lowest BCUT2D eigenvalue weighted by molar-refractivity contribution is -0.0300. The van der Waals surface area contributed by atoms with Crippen molar-refractivity contribution in [1.29, 1.82) is 0 Å². The average Bonchev–Trinajstić information content (AvgIpc) is 2.74. The van der Waals surface area contributed by atoms with E-state index in [0.717, 1.165) is 17.7 Å². The summed E-state index contributed by atoms with van der Waals surface area (Å²) >= 11 is 0. The molecule has 1 fully saturated rings. The first kappa shape index (κ1) is 20.3. The summed E-state index contributed by atoms with van der Waals surface area (Å²) in [5.74, 6) is 1.02. The molecule has 2 aromatic rings. The van der Waals surface area contributed by atoms with Crippen molar-refractivity contribution in [2.45, 2.75) is 31.6 Å². The van der Waals surface area contributed by atoms with Crippen LogP contribution >= 0.6 is 0 Å². The Morgan fingerprint density at radius 1 is 1.11 bits per heavy atom. The SMILES string of the molecule is COc1ncc(C2(O)CCN(Cc3ccc(OC)c(CO)c3)CC2)c(OC)n1. The molecule has 0 saturated carbocycles. The third kappa shape index (κ3) is 4.19. The van der Waals surface area contributed by atoms with Gasteiger partial charge in [-0.3, -0.25) is 4.90 Å². The van der Waals surface area contributed by atoms with Gasteiger partial charge in [0.25, 0.3) is 0 Å². The predicted octanol–water partition coefficient (Wildman–Crippen LogP) is 1.48. The summed E-state index contributed by atoms with van der Waals surface area (Å²) in [5.41, 5.74) is 1.42. The maximum Gasteiger partial charge on any atom is 0.319 e. The number of aromatic nitrogens is 2. The average molecular weight is 389 g/mol. The van der Waals surface area contributed by atoms with Gasteiger partial charge in [-0.25, -0.2) is 4.98 Å². The number of methoxy groups -OCH3 is 3. The van der Waals surface area contributed by atoms with E-state index < -0.39 is 5.60 Å². The molecule has 1 aromatic carbocycles. The van der Waals surface area contributed by atoms with Crippen LogP contribution < -0.4 is 14.2 Å². The fraction of sp³-hybridized carbons (Fsp3) is 0.500. The van der Waals surface area contributed by atoms with E-state index in [9.17, 15) is 10.2 Å². The molecule has 28 heavy (non-hydrogen) atoms. The zero-order valence-corrected chi connectivity index (χ0v) is 16.5. The molecule has 0 aliphatic carbocycles. The van der Waals surface area contributed by atoms with Crippen LogP contribution in [0.3, 0.4) is 0 Å². The standard InChI is InChI=1S/C20H27N3O5/c1-26-17-5-4-14(10-15(17)13-24)12-23-8-6-20(25,7-9-23)16-11-21-19(28-3)22-18(16)27-2/h4-5,10-11,24-25H,6-9,12-13H2,1-3H3. The number of nitrogens with zero attached hydrogens (tertiary/aromatic N) is 3. The lowest BCUT2D eigenvalue weighted by Crippen LogP contribution is -2.42. The Morgan fingerprint density at radius 3 is 2.46 bits per heavy atom. The van der Waals surface area contributed by atoms with Crippen LogP contribution in [-0.2, 0) is 18.8 Å². The van der Waals surface area contributed by atoms with Crippen LogP contribution in [0.1, 0.15) is 29.5 Å². The van der Waals surface area contributed by atoms with Gasteiger partial charge in [0.15, 0.2) is 0 Å². The summed E-state index contributed by atoms with van der Waals surface area (Å²) in [7, 11) is 4.60. The van der Waals surface area contributed by atoms with Crippen molar-refractivity contribution in [2.75, 3.05) is 34.4 Å². The highest BCUT2D eigenvalue weighted by molar-refractivity contribution is 5.37. The van der Waals surface area contributed by atoms with Crippen LogP contribution in [0.15, 0.2) is 24.4 Å². The molecule has 1 aliphatic rings. The zero-order valence-electron chi connectivity index (χ0n) is 16.5. The molecular formula is C20H27N3O5. The summed E-state index contributed by atoms with van der Waals surface area (Å²) < 4.78 is 15.6. The van der Waals surface area contributed by atoms with Crippen LogP contribution in [0.4, 0.5) is 0 Å². The highest BCUT2D eigenvalue weighted by atomic mass is 16.5. The summed E-state index contributed by atoms with van der Waals surface area (Å²) in [6, 6.07) is 6.04.